The van der Waals surface area contributed by atoms with Gasteiger partial charge in [0.25, 0.3) is 0 Å². The number of halogens is 3. The summed E-state index contributed by atoms with van der Waals surface area (Å²) in [6.45, 7) is 2.56. The van der Waals surface area contributed by atoms with Crippen LogP contribution in [0.4, 0.5) is 18.9 Å². The third-order valence-electron chi connectivity index (χ3n) is 3.31. The molecule has 118 valence electrons. The van der Waals surface area contributed by atoms with Crippen LogP contribution in [0.1, 0.15) is 11.1 Å². The molecule has 0 fully saturated rings. The van der Waals surface area contributed by atoms with Gasteiger partial charge >= 0.3 is 132 Å². The molecule has 0 unspecified atom stereocenters. The van der Waals surface area contributed by atoms with Crippen LogP contribution in [0.3, 0.4) is 0 Å². The number of ether oxygens (including phenoxy) is 1. The second-order valence-electron chi connectivity index (χ2n) is 4.92. The van der Waals surface area contributed by atoms with Crippen LogP contribution in [-0.4, -0.2) is 27.1 Å². The van der Waals surface area contributed by atoms with Gasteiger partial charge in [0.1, 0.15) is 0 Å². The normalized spacial score (nSPS) is 10.7. The Hall–Kier alpha value is -2.49. The second kappa shape index (κ2) is 7.18. The summed E-state index contributed by atoms with van der Waals surface area (Å²) in [5.74, 6) is 1.84. The summed E-state index contributed by atoms with van der Waals surface area (Å²) in [6.07, 6.45) is -4.55. The molecule has 1 heterocycles. The van der Waals surface area contributed by atoms with Crippen LogP contribution in [-0.2, 0) is 6.18 Å². The molecule has 3 nitrogen and oxygen atoms in total. The monoisotopic (exact) mass is 318 g/mol. The number of hydrogen-bond acceptors (Lipinski definition) is 3. The molecule has 0 radical (unpaired) electrons. The first-order chi connectivity index (χ1) is 10.9. The van der Waals surface area contributed by atoms with Gasteiger partial charge in [-0.25, -0.2) is 0 Å². The van der Waals surface area contributed by atoms with Crippen molar-refractivity contribution in [1.29, 1.82) is 5.26 Å². The maximum absolute atomic E-state index is 13.0. The van der Waals surface area contributed by atoms with Crippen LogP contribution in [0.5, 0.6) is 5.64 Å². The van der Waals surface area contributed by atoms with Crippen molar-refractivity contribution in [3.63, 3.8) is 0 Å². The Balaban J connectivity index is 2.05. The fourth-order valence-electron chi connectivity index (χ4n) is 2.05. The minimum atomic E-state index is -4.55. The van der Waals surface area contributed by atoms with Crippen molar-refractivity contribution in [3.05, 3.63) is 53.5 Å². The molecule has 0 amide bonds. The third-order valence-corrected chi connectivity index (χ3v) is 3.31. The number of likely N-dealkylation sites (N-methyl/N-ethyl adjacent to an activating group) is 1. The summed E-state index contributed by atoms with van der Waals surface area (Å²) in [7, 11) is 1.68. The fourth-order valence-corrected chi connectivity index (χ4v) is 2.05. The topological polar surface area (TPSA) is 36.3 Å². The molecule has 1 aromatic carbocycles. The SMILES string of the molecule is CN(CCOc1bcccc1)c1ccc(C#N)c(C(F)(F)F)c1. The van der Waals surface area contributed by atoms with Crippen LogP contribution < -0.4 is 9.64 Å². The molecule has 23 heavy (non-hydrogen) atoms. The van der Waals surface area contributed by atoms with E-state index in [1.165, 1.54) is 12.1 Å². The number of alkyl halides is 3. The minimum absolute atomic E-state index is 0.335. The predicted octanol–water partition coefficient (Wildman–Crippen LogP) is 3.43. The van der Waals surface area contributed by atoms with E-state index >= 15 is 0 Å². The van der Waals surface area contributed by atoms with Crippen molar-refractivity contribution >= 4 is 12.6 Å². The Kier molecular flexibility index (Phi) is 5.27. The van der Waals surface area contributed by atoms with Gasteiger partial charge in [0.15, 0.2) is 0 Å². The third kappa shape index (κ3) is 4.49. The van der Waals surface area contributed by atoms with Crippen LogP contribution in [0.2, 0.25) is 0 Å². The molecule has 0 saturated heterocycles. The molecule has 0 saturated carbocycles. The Morgan fingerprint density at radius 1 is 1.26 bits per heavy atom. The second-order valence-corrected chi connectivity index (χ2v) is 4.92. The first-order valence-electron chi connectivity index (χ1n) is 6.92. The summed E-state index contributed by atoms with van der Waals surface area (Å²) < 4.78 is 44.4. The van der Waals surface area contributed by atoms with E-state index in [1.807, 2.05) is 31.1 Å². The predicted molar refractivity (Wildman–Crippen MR) is 82.7 cm³/mol. The molecule has 1 aromatic heterocycles. The van der Waals surface area contributed by atoms with Gasteiger partial charge < -0.3 is 0 Å². The van der Waals surface area contributed by atoms with Gasteiger partial charge in [-0.05, 0) is 0 Å². The molecule has 0 aliphatic carbocycles. The fraction of sp³-hybridized carbons (Fsp3) is 0.250. The molecule has 0 bridgehead atoms. The molecular formula is C16H14BF3N2O. The summed E-state index contributed by atoms with van der Waals surface area (Å²) in [6, 6.07) is 10.8. The zero-order valence-electron chi connectivity index (χ0n) is 12.5. The van der Waals surface area contributed by atoms with Crippen molar-refractivity contribution < 1.29 is 17.9 Å². The van der Waals surface area contributed by atoms with E-state index < -0.39 is 11.7 Å². The van der Waals surface area contributed by atoms with E-state index in [4.69, 9.17) is 10.00 Å². The van der Waals surface area contributed by atoms with Gasteiger partial charge in [0, 0.05) is 0 Å². The zero-order valence-corrected chi connectivity index (χ0v) is 12.5. The van der Waals surface area contributed by atoms with E-state index in [-0.39, 0.29) is 5.56 Å². The van der Waals surface area contributed by atoms with Crippen molar-refractivity contribution in [3.8, 4) is 11.7 Å². The summed E-state index contributed by atoms with van der Waals surface area (Å²) >= 11 is 0. The molecule has 7 heteroatoms. The van der Waals surface area contributed by atoms with E-state index in [0.29, 0.717) is 24.5 Å². The van der Waals surface area contributed by atoms with E-state index in [2.05, 4.69) is 0 Å². The van der Waals surface area contributed by atoms with E-state index in [1.54, 1.807) is 18.0 Å². The first-order valence-corrected chi connectivity index (χ1v) is 6.92. The van der Waals surface area contributed by atoms with Crippen molar-refractivity contribution in [1.82, 2.24) is 0 Å². The average Bonchev–Trinajstić information content (AvgIpc) is 2.54. The Bertz CT molecular complexity index is 699. The van der Waals surface area contributed by atoms with Crippen LogP contribution in [0, 0.1) is 11.3 Å². The van der Waals surface area contributed by atoms with Crippen LogP contribution >= 0.6 is 0 Å². The summed E-state index contributed by atoms with van der Waals surface area (Å²) in [5.41, 5.74) is -0.215. The Labute approximate surface area is 133 Å². The van der Waals surface area contributed by atoms with Crippen LogP contribution in [0.15, 0.2) is 42.4 Å². The number of benzene rings is 1. The Morgan fingerprint density at radius 3 is 2.65 bits per heavy atom. The average molecular weight is 318 g/mol. The van der Waals surface area contributed by atoms with Crippen molar-refractivity contribution in [2.75, 3.05) is 25.1 Å². The summed E-state index contributed by atoms with van der Waals surface area (Å²) in [5, 5.41) is 8.80. The standard InChI is InChI=1S/C16H14BF3N2O/c1-22(8-9-23-15-4-2-3-7-17-15)13-6-5-12(11-21)14(10-13)16(18,19)20/h2-7,10H,8-9H2,1H3. The molecule has 2 aromatic rings. The first kappa shape index (κ1) is 16.9. The van der Waals surface area contributed by atoms with E-state index in [0.717, 1.165) is 6.07 Å². The van der Waals surface area contributed by atoms with Gasteiger partial charge in [0.05, 0.1) is 0 Å². The van der Waals surface area contributed by atoms with Crippen molar-refractivity contribution in [2.24, 2.45) is 0 Å². The molecule has 0 N–H and O–H groups in total. The molecule has 0 atom stereocenters. The molecular weight excluding hydrogens is 304 g/mol. The van der Waals surface area contributed by atoms with Gasteiger partial charge in [-0.3, -0.25) is 0 Å². The Morgan fingerprint density at radius 2 is 2.04 bits per heavy atom. The summed E-state index contributed by atoms with van der Waals surface area (Å²) in [4.78, 5) is 1.65. The van der Waals surface area contributed by atoms with Gasteiger partial charge in [0.2, 0.25) is 0 Å². The number of rotatable bonds is 5. The van der Waals surface area contributed by atoms with Gasteiger partial charge in [-0.2, -0.15) is 0 Å². The van der Waals surface area contributed by atoms with E-state index in [9.17, 15) is 13.2 Å². The molecule has 2 rings (SSSR count). The van der Waals surface area contributed by atoms with Gasteiger partial charge in [-0.1, -0.05) is 0 Å². The zero-order chi connectivity index (χ0) is 16.9. The van der Waals surface area contributed by atoms with Gasteiger partial charge in [-0.15, -0.1) is 0 Å². The number of nitriles is 1. The molecule has 0 spiro atoms. The quantitative estimate of drug-likeness (QED) is 0.847. The van der Waals surface area contributed by atoms with Crippen molar-refractivity contribution in [2.45, 2.75) is 6.18 Å². The van der Waals surface area contributed by atoms with Crippen LogP contribution in [0.25, 0.3) is 0 Å². The molecule has 0 aliphatic heterocycles. The number of anilines is 1. The maximum atomic E-state index is 13.0. The number of hydrogen-bond donors (Lipinski definition) is 0. The molecule has 0 aliphatic rings. The number of nitrogens with zero attached hydrogens (tertiary/aromatic N) is 2.